The zero-order valence-corrected chi connectivity index (χ0v) is 13.3. The number of nitrogens with one attached hydrogen (secondary N) is 1. The van der Waals surface area contributed by atoms with E-state index in [-0.39, 0.29) is 32.0 Å². The second kappa shape index (κ2) is 6.54. The maximum Gasteiger partial charge on any atom is 0.321 e. The number of urea groups is 1. The molecule has 0 unspecified atom stereocenters. The van der Waals surface area contributed by atoms with Gasteiger partial charge in [0.25, 0.3) is 11.8 Å². The van der Waals surface area contributed by atoms with Gasteiger partial charge in [0.2, 0.25) is 0 Å². The van der Waals surface area contributed by atoms with Crippen LogP contribution in [0.25, 0.3) is 11.5 Å². The molecule has 1 fully saturated rings. The summed E-state index contributed by atoms with van der Waals surface area (Å²) in [5.74, 6) is -1.69. The van der Waals surface area contributed by atoms with Gasteiger partial charge in [-0.1, -0.05) is 18.1 Å². The molecule has 0 atom stereocenters. The number of amides is 2. The molecule has 0 bridgehead atoms. The number of aryl methyl sites for hydroxylation is 1. The molecule has 1 aliphatic rings. The van der Waals surface area contributed by atoms with Crippen molar-refractivity contribution in [1.29, 1.82) is 0 Å². The average Bonchev–Trinajstić information content (AvgIpc) is 3.04. The Hall–Kier alpha value is -2.51. The van der Waals surface area contributed by atoms with Crippen molar-refractivity contribution in [2.75, 3.05) is 18.4 Å². The molecule has 6 nitrogen and oxygen atoms in total. The molecule has 1 aromatic carbocycles. The minimum atomic E-state index is -2.67. The fourth-order valence-electron chi connectivity index (χ4n) is 2.48. The SMILES string of the molecule is CCc1noc(-c2cccc(NC(=O)N3CCC(F)(F)CC3)c2)n1. The smallest absolute Gasteiger partial charge is 0.321 e. The Kier molecular flexibility index (Phi) is 4.46. The molecule has 8 heteroatoms. The van der Waals surface area contributed by atoms with Gasteiger partial charge in [0.1, 0.15) is 0 Å². The highest BCUT2D eigenvalue weighted by Crippen LogP contribution is 2.28. The molecule has 2 amide bonds. The Morgan fingerprint density at radius 1 is 1.38 bits per heavy atom. The molecule has 2 aromatic rings. The zero-order valence-electron chi connectivity index (χ0n) is 13.3. The number of benzene rings is 1. The lowest BCUT2D eigenvalue weighted by Crippen LogP contribution is -2.44. The molecule has 0 aliphatic carbocycles. The van der Waals surface area contributed by atoms with E-state index < -0.39 is 5.92 Å². The highest BCUT2D eigenvalue weighted by atomic mass is 19.3. The third-order valence-electron chi connectivity index (χ3n) is 3.93. The Balaban J connectivity index is 1.67. The van der Waals surface area contributed by atoms with Gasteiger partial charge in [-0.25, -0.2) is 13.6 Å². The van der Waals surface area contributed by atoms with Gasteiger partial charge in [-0.2, -0.15) is 4.98 Å². The topological polar surface area (TPSA) is 71.3 Å². The van der Waals surface area contributed by atoms with E-state index in [1.807, 2.05) is 6.92 Å². The van der Waals surface area contributed by atoms with Gasteiger partial charge in [-0.3, -0.25) is 0 Å². The molecular weight excluding hydrogens is 318 g/mol. The maximum absolute atomic E-state index is 13.2. The van der Waals surface area contributed by atoms with Crippen molar-refractivity contribution in [1.82, 2.24) is 15.0 Å². The van der Waals surface area contributed by atoms with Gasteiger partial charge >= 0.3 is 6.03 Å². The van der Waals surface area contributed by atoms with E-state index >= 15 is 0 Å². The van der Waals surface area contributed by atoms with E-state index in [0.29, 0.717) is 29.4 Å². The molecule has 1 aliphatic heterocycles. The normalized spacial score (nSPS) is 16.9. The first kappa shape index (κ1) is 16.4. The molecule has 1 aromatic heterocycles. The number of carbonyl (C=O) groups excluding carboxylic acids is 1. The number of halogens is 2. The van der Waals surface area contributed by atoms with Crippen molar-refractivity contribution in [3.05, 3.63) is 30.1 Å². The van der Waals surface area contributed by atoms with Crippen molar-refractivity contribution in [2.24, 2.45) is 0 Å². The Bertz CT molecular complexity index is 722. The summed E-state index contributed by atoms with van der Waals surface area (Å²) >= 11 is 0. The van der Waals surface area contributed by atoms with Crippen LogP contribution in [0.15, 0.2) is 28.8 Å². The van der Waals surface area contributed by atoms with Crippen LogP contribution in [0.1, 0.15) is 25.6 Å². The summed E-state index contributed by atoms with van der Waals surface area (Å²) in [6.07, 6.45) is 0.0595. The first-order chi connectivity index (χ1) is 11.5. The molecule has 128 valence electrons. The van der Waals surface area contributed by atoms with Crippen LogP contribution in [0.3, 0.4) is 0 Å². The summed E-state index contributed by atoms with van der Waals surface area (Å²) in [5.41, 5.74) is 1.23. The number of piperidine rings is 1. The van der Waals surface area contributed by atoms with Crippen molar-refractivity contribution in [3.8, 4) is 11.5 Å². The van der Waals surface area contributed by atoms with Gasteiger partial charge in [0.15, 0.2) is 5.82 Å². The number of hydrogen-bond acceptors (Lipinski definition) is 4. The number of hydrogen-bond donors (Lipinski definition) is 1. The highest BCUT2D eigenvalue weighted by Gasteiger charge is 2.35. The number of likely N-dealkylation sites (tertiary alicyclic amines) is 1. The van der Waals surface area contributed by atoms with E-state index in [4.69, 9.17) is 4.52 Å². The quantitative estimate of drug-likeness (QED) is 0.930. The van der Waals surface area contributed by atoms with Crippen LogP contribution >= 0.6 is 0 Å². The van der Waals surface area contributed by atoms with Crippen molar-refractivity contribution < 1.29 is 18.1 Å². The lowest BCUT2D eigenvalue weighted by Gasteiger charge is -2.31. The van der Waals surface area contributed by atoms with Crippen molar-refractivity contribution >= 4 is 11.7 Å². The van der Waals surface area contributed by atoms with Gasteiger partial charge in [0, 0.05) is 43.6 Å². The van der Waals surface area contributed by atoms with Gasteiger partial charge in [-0.05, 0) is 18.2 Å². The lowest BCUT2D eigenvalue weighted by molar-refractivity contribution is -0.0461. The fraction of sp³-hybridized carbons (Fsp3) is 0.438. The van der Waals surface area contributed by atoms with Crippen molar-refractivity contribution in [2.45, 2.75) is 32.1 Å². The minimum absolute atomic E-state index is 0.0437. The van der Waals surface area contributed by atoms with Crippen LogP contribution in [-0.2, 0) is 6.42 Å². The minimum Gasteiger partial charge on any atom is -0.334 e. The number of rotatable bonds is 3. The number of aromatic nitrogens is 2. The van der Waals surface area contributed by atoms with Gasteiger partial charge < -0.3 is 14.7 Å². The first-order valence-electron chi connectivity index (χ1n) is 7.83. The summed E-state index contributed by atoms with van der Waals surface area (Å²) in [6, 6.07) is 6.60. The van der Waals surface area contributed by atoms with Crippen LogP contribution in [0.5, 0.6) is 0 Å². The first-order valence-corrected chi connectivity index (χ1v) is 7.83. The number of nitrogens with zero attached hydrogens (tertiary/aromatic N) is 3. The maximum atomic E-state index is 13.2. The largest absolute Gasteiger partial charge is 0.334 e. The summed E-state index contributed by atoms with van der Waals surface area (Å²) in [4.78, 5) is 17.8. The van der Waals surface area contributed by atoms with Crippen LogP contribution in [0.2, 0.25) is 0 Å². The lowest BCUT2D eigenvalue weighted by atomic mass is 10.1. The highest BCUT2D eigenvalue weighted by molar-refractivity contribution is 5.90. The molecular formula is C16H18F2N4O2. The van der Waals surface area contributed by atoms with Gasteiger partial charge in [0.05, 0.1) is 0 Å². The number of carbonyl (C=O) groups is 1. The van der Waals surface area contributed by atoms with E-state index in [1.54, 1.807) is 24.3 Å². The average molecular weight is 336 g/mol. The Labute approximate surface area is 137 Å². The molecule has 1 N–H and O–H groups in total. The standard InChI is InChI=1S/C16H18F2N4O2/c1-2-13-20-14(24-21-13)11-4-3-5-12(10-11)19-15(23)22-8-6-16(17,18)7-9-22/h3-5,10H,2,6-9H2,1H3,(H,19,23). The molecule has 0 radical (unpaired) electrons. The summed E-state index contributed by atoms with van der Waals surface area (Å²) in [6.45, 7) is 2.01. The summed E-state index contributed by atoms with van der Waals surface area (Å²) < 4.78 is 31.5. The monoisotopic (exact) mass is 336 g/mol. The second-order valence-electron chi connectivity index (χ2n) is 5.72. The van der Waals surface area contributed by atoms with E-state index in [0.717, 1.165) is 0 Å². The third kappa shape index (κ3) is 3.69. The Morgan fingerprint density at radius 2 is 2.12 bits per heavy atom. The van der Waals surface area contributed by atoms with Crippen LogP contribution in [-0.4, -0.2) is 40.1 Å². The van der Waals surface area contributed by atoms with E-state index in [9.17, 15) is 13.6 Å². The van der Waals surface area contributed by atoms with Crippen LogP contribution in [0.4, 0.5) is 19.3 Å². The summed E-state index contributed by atoms with van der Waals surface area (Å²) in [7, 11) is 0. The molecule has 1 saturated heterocycles. The van der Waals surface area contributed by atoms with Crippen LogP contribution < -0.4 is 5.32 Å². The van der Waals surface area contributed by atoms with E-state index in [2.05, 4.69) is 15.5 Å². The third-order valence-corrected chi connectivity index (χ3v) is 3.93. The van der Waals surface area contributed by atoms with E-state index in [1.165, 1.54) is 4.90 Å². The summed E-state index contributed by atoms with van der Waals surface area (Å²) in [5, 5.41) is 6.56. The fourth-order valence-corrected chi connectivity index (χ4v) is 2.48. The molecule has 0 saturated carbocycles. The zero-order chi connectivity index (χ0) is 17.2. The number of anilines is 1. The van der Waals surface area contributed by atoms with Gasteiger partial charge in [-0.15, -0.1) is 0 Å². The molecule has 0 spiro atoms. The second-order valence-corrected chi connectivity index (χ2v) is 5.72. The molecule has 2 heterocycles. The predicted octanol–water partition coefficient (Wildman–Crippen LogP) is 3.56. The molecule has 3 rings (SSSR count). The van der Waals surface area contributed by atoms with Crippen molar-refractivity contribution in [3.63, 3.8) is 0 Å². The molecule has 24 heavy (non-hydrogen) atoms. The van der Waals surface area contributed by atoms with Crippen LogP contribution in [0, 0.1) is 0 Å². The predicted molar refractivity (Wildman–Crippen MR) is 83.9 cm³/mol. The Morgan fingerprint density at radius 3 is 2.79 bits per heavy atom. The number of alkyl halides is 2.